The molecule has 6 nitrogen and oxygen atoms in total. The highest BCUT2D eigenvalue weighted by molar-refractivity contribution is 6.32. The van der Waals surface area contributed by atoms with E-state index in [1.54, 1.807) is 18.2 Å². The normalized spacial score (nSPS) is 18.2. The molecule has 0 bridgehead atoms. The first-order valence-electron chi connectivity index (χ1n) is 6.50. The number of methoxy groups -OCH3 is 2. The fraction of sp³-hybridized carbons (Fsp3) is 0.429. The first-order valence-corrected chi connectivity index (χ1v) is 6.88. The van der Waals surface area contributed by atoms with Gasteiger partial charge in [0.25, 0.3) is 5.91 Å². The van der Waals surface area contributed by atoms with Gasteiger partial charge in [0.2, 0.25) is 5.91 Å². The van der Waals surface area contributed by atoms with Crippen molar-refractivity contribution < 1.29 is 19.1 Å². The SMILES string of the molecule is COCCN1C(=O)C[C@H](Nc2ccc(OC)c(Cl)c2)C1=O. The van der Waals surface area contributed by atoms with Gasteiger partial charge in [-0.15, -0.1) is 0 Å². The van der Waals surface area contributed by atoms with Crippen molar-refractivity contribution in [2.24, 2.45) is 0 Å². The standard InChI is InChI=1S/C14H17ClN2O4/c1-20-6-5-17-13(18)8-11(14(17)19)16-9-3-4-12(21-2)10(15)7-9/h3-4,7,11,16H,5-6,8H2,1-2H3/t11-/m0/s1. The van der Waals surface area contributed by atoms with Crippen LogP contribution < -0.4 is 10.1 Å². The zero-order chi connectivity index (χ0) is 15.4. The summed E-state index contributed by atoms with van der Waals surface area (Å²) in [6.45, 7) is 0.605. The number of imide groups is 1. The molecule has 1 aliphatic rings. The summed E-state index contributed by atoms with van der Waals surface area (Å²) in [6.07, 6.45) is 0.131. The number of halogens is 1. The van der Waals surface area contributed by atoms with Crippen LogP contribution in [0.3, 0.4) is 0 Å². The average molecular weight is 313 g/mol. The molecule has 1 fully saturated rings. The van der Waals surface area contributed by atoms with Crippen molar-refractivity contribution in [3.63, 3.8) is 0 Å². The number of hydrogen-bond acceptors (Lipinski definition) is 5. The molecule has 1 aromatic carbocycles. The number of rotatable bonds is 6. The molecule has 0 spiro atoms. The summed E-state index contributed by atoms with van der Waals surface area (Å²) in [5.74, 6) is 0.107. The van der Waals surface area contributed by atoms with Crippen LogP contribution in [0.15, 0.2) is 18.2 Å². The molecule has 0 aliphatic carbocycles. The van der Waals surface area contributed by atoms with E-state index in [4.69, 9.17) is 21.1 Å². The zero-order valence-corrected chi connectivity index (χ0v) is 12.6. The first-order chi connectivity index (χ1) is 10.1. The van der Waals surface area contributed by atoms with Gasteiger partial charge in [0.05, 0.1) is 31.7 Å². The number of carbonyl (C=O) groups is 2. The molecule has 7 heteroatoms. The number of likely N-dealkylation sites (tertiary alicyclic amines) is 1. The van der Waals surface area contributed by atoms with Gasteiger partial charge in [-0.05, 0) is 18.2 Å². The summed E-state index contributed by atoms with van der Waals surface area (Å²) in [6, 6.07) is 4.55. The molecule has 2 amide bonds. The topological polar surface area (TPSA) is 67.9 Å². The van der Waals surface area contributed by atoms with Crippen molar-refractivity contribution in [1.82, 2.24) is 4.90 Å². The lowest BCUT2D eigenvalue weighted by molar-refractivity contribution is -0.139. The van der Waals surface area contributed by atoms with Crippen LogP contribution in [0, 0.1) is 0 Å². The highest BCUT2D eigenvalue weighted by Gasteiger charge is 2.38. The number of nitrogens with one attached hydrogen (secondary N) is 1. The zero-order valence-electron chi connectivity index (χ0n) is 11.9. The first kappa shape index (κ1) is 15.6. The summed E-state index contributed by atoms with van der Waals surface area (Å²) in [7, 11) is 3.06. The Morgan fingerprint density at radius 1 is 1.38 bits per heavy atom. The molecular weight excluding hydrogens is 296 g/mol. The van der Waals surface area contributed by atoms with Gasteiger partial charge < -0.3 is 14.8 Å². The third kappa shape index (κ3) is 3.46. The van der Waals surface area contributed by atoms with Crippen LogP contribution in [0.25, 0.3) is 0 Å². The van der Waals surface area contributed by atoms with Crippen molar-refractivity contribution in [2.45, 2.75) is 12.5 Å². The predicted octanol–water partition coefficient (Wildman–Crippen LogP) is 1.53. The average Bonchev–Trinajstić information content (AvgIpc) is 2.72. The van der Waals surface area contributed by atoms with Crippen LogP contribution in [-0.2, 0) is 14.3 Å². The van der Waals surface area contributed by atoms with E-state index in [-0.39, 0.29) is 24.8 Å². The maximum Gasteiger partial charge on any atom is 0.252 e. The third-order valence-corrected chi connectivity index (χ3v) is 3.55. The second-order valence-corrected chi connectivity index (χ2v) is 5.03. The van der Waals surface area contributed by atoms with E-state index in [0.717, 1.165) is 0 Å². The molecule has 114 valence electrons. The van der Waals surface area contributed by atoms with Crippen LogP contribution in [0.1, 0.15) is 6.42 Å². The number of carbonyl (C=O) groups excluding carboxylic acids is 2. The van der Waals surface area contributed by atoms with Gasteiger partial charge in [-0.25, -0.2) is 0 Å². The fourth-order valence-electron chi connectivity index (χ4n) is 2.17. The number of amides is 2. The number of ether oxygens (including phenoxy) is 2. The van der Waals surface area contributed by atoms with Gasteiger partial charge in [-0.3, -0.25) is 14.5 Å². The third-order valence-electron chi connectivity index (χ3n) is 3.26. The maximum atomic E-state index is 12.2. The Hall–Kier alpha value is -1.79. The smallest absolute Gasteiger partial charge is 0.252 e. The lowest BCUT2D eigenvalue weighted by atomic mass is 10.2. The molecule has 0 aromatic heterocycles. The quantitative estimate of drug-likeness (QED) is 0.807. The molecule has 1 N–H and O–H groups in total. The Labute approximate surface area is 128 Å². The Kier molecular flexibility index (Phi) is 5.03. The Bertz CT molecular complexity index is 550. The number of benzene rings is 1. The Balaban J connectivity index is 2.05. The second-order valence-electron chi connectivity index (χ2n) is 4.63. The Morgan fingerprint density at radius 3 is 2.76 bits per heavy atom. The van der Waals surface area contributed by atoms with Gasteiger partial charge in [0.15, 0.2) is 0 Å². The minimum atomic E-state index is -0.571. The van der Waals surface area contributed by atoms with E-state index >= 15 is 0 Å². The lowest BCUT2D eigenvalue weighted by Gasteiger charge is -2.16. The highest BCUT2D eigenvalue weighted by Crippen LogP contribution is 2.28. The van der Waals surface area contributed by atoms with E-state index in [2.05, 4.69) is 5.32 Å². The van der Waals surface area contributed by atoms with Crippen molar-refractivity contribution in [1.29, 1.82) is 0 Å². The minimum Gasteiger partial charge on any atom is -0.495 e. The van der Waals surface area contributed by atoms with Crippen LogP contribution in [0.2, 0.25) is 5.02 Å². The lowest BCUT2D eigenvalue weighted by Crippen LogP contribution is -2.36. The van der Waals surface area contributed by atoms with Gasteiger partial charge in [-0.1, -0.05) is 11.6 Å². The summed E-state index contributed by atoms with van der Waals surface area (Å²) < 4.78 is 9.96. The van der Waals surface area contributed by atoms with Gasteiger partial charge in [0, 0.05) is 12.8 Å². The Morgan fingerprint density at radius 2 is 2.14 bits per heavy atom. The molecule has 1 aliphatic heterocycles. The van der Waals surface area contributed by atoms with Crippen LogP contribution in [-0.4, -0.2) is 50.1 Å². The number of anilines is 1. The number of hydrogen-bond donors (Lipinski definition) is 1. The minimum absolute atomic E-state index is 0.131. The molecule has 1 heterocycles. The van der Waals surface area contributed by atoms with Crippen LogP contribution >= 0.6 is 11.6 Å². The van der Waals surface area contributed by atoms with Gasteiger partial charge in [0.1, 0.15) is 11.8 Å². The van der Waals surface area contributed by atoms with Crippen molar-refractivity contribution in [2.75, 3.05) is 32.7 Å². The molecule has 2 rings (SSSR count). The van der Waals surface area contributed by atoms with Gasteiger partial charge in [-0.2, -0.15) is 0 Å². The molecule has 21 heavy (non-hydrogen) atoms. The monoisotopic (exact) mass is 312 g/mol. The summed E-state index contributed by atoms with van der Waals surface area (Å²) in [5, 5.41) is 3.47. The fourth-order valence-corrected chi connectivity index (χ4v) is 2.43. The molecule has 0 saturated carbocycles. The largest absolute Gasteiger partial charge is 0.495 e. The molecular formula is C14H17ClN2O4. The van der Waals surface area contributed by atoms with Gasteiger partial charge >= 0.3 is 0 Å². The van der Waals surface area contributed by atoms with Crippen molar-refractivity contribution in [3.05, 3.63) is 23.2 Å². The molecule has 1 aromatic rings. The molecule has 1 atom stereocenters. The molecule has 0 unspecified atom stereocenters. The van der Waals surface area contributed by atoms with Crippen molar-refractivity contribution >= 4 is 29.1 Å². The predicted molar refractivity (Wildman–Crippen MR) is 78.6 cm³/mol. The number of nitrogens with zero attached hydrogens (tertiary/aromatic N) is 1. The highest BCUT2D eigenvalue weighted by atomic mass is 35.5. The molecule has 1 saturated heterocycles. The summed E-state index contributed by atoms with van der Waals surface area (Å²) in [5.41, 5.74) is 0.667. The van der Waals surface area contributed by atoms with Crippen LogP contribution in [0.4, 0.5) is 5.69 Å². The molecule has 0 radical (unpaired) electrons. The van der Waals surface area contributed by atoms with E-state index in [1.807, 2.05) is 0 Å². The second kappa shape index (κ2) is 6.78. The van der Waals surface area contributed by atoms with E-state index < -0.39 is 6.04 Å². The van der Waals surface area contributed by atoms with Crippen LogP contribution in [0.5, 0.6) is 5.75 Å². The summed E-state index contributed by atoms with van der Waals surface area (Å²) in [4.78, 5) is 25.2. The van der Waals surface area contributed by atoms with Crippen molar-refractivity contribution in [3.8, 4) is 5.75 Å². The van der Waals surface area contributed by atoms with E-state index in [0.29, 0.717) is 23.1 Å². The van der Waals surface area contributed by atoms with E-state index in [9.17, 15) is 9.59 Å². The summed E-state index contributed by atoms with van der Waals surface area (Å²) >= 11 is 6.03. The van der Waals surface area contributed by atoms with E-state index in [1.165, 1.54) is 19.1 Å². The maximum absolute atomic E-state index is 12.2.